The summed E-state index contributed by atoms with van der Waals surface area (Å²) in [5.74, 6) is 1.35. The van der Waals surface area contributed by atoms with E-state index in [0.29, 0.717) is 44.2 Å². The number of aryl methyl sites for hydroxylation is 2. The molecule has 31 heavy (non-hydrogen) atoms. The highest BCUT2D eigenvalue weighted by atomic mass is 16.5. The van der Waals surface area contributed by atoms with Gasteiger partial charge in [0.15, 0.2) is 5.82 Å². The van der Waals surface area contributed by atoms with Gasteiger partial charge in [-0.05, 0) is 71.1 Å². The molecule has 0 saturated carbocycles. The van der Waals surface area contributed by atoms with Crippen LogP contribution >= 0.6 is 0 Å². The second-order valence-corrected chi connectivity index (χ2v) is 7.90. The van der Waals surface area contributed by atoms with Gasteiger partial charge in [-0.15, -0.1) is 5.10 Å². The van der Waals surface area contributed by atoms with E-state index in [9.17, 15) is 4.79 Å². The van der Waals surface area contributed by atoms with Crippen molar-refractivity contribution in [2.75, 3.05) is 26.3 Å². The van der Waals surface area contributed by atoms with Crippen LogP contribution in [-0.2, 0) is 11.3 Å². The van der Waals surface area contributed by atoms with Gasteiger partial charge in [-0.25, -0.2) is 4.68 Å². The van der Waals surface area contributed by atoms with Gasteiger partial charge in [0.05, 0.1) is 19.5 Å². The van der Waals surface area contributed by atoms with Gasteiger partial charge in [0.25, 0.3) is 5.56 Å². The molecule has 0 radical (unpaired) electrons. The predicted octanol–water partition coefficient (Wildman–Crippen LogP) is 2.19. The molecular formula is C22H24N6O3. The molecule has 1 fully saturated rings. The van der Waals surface area contributed by atoms with Gasteiger partial charge in [-0.1, -0.05) is 0 Å². The van der Waals surface area contributed by atoms with Crippen LogP contribution in [0.2, 0.25) is 0 Å². The molecule has 3 aromatic heterocycles. The van der Waals surface area contributed by atoms with Crippen LogP contribution in [0.25, 0.3) is 10.9 Å². The minimum Gasteiger partial charge on any atom is -0.467 e. The van der Waals surface area contributed by atoms with Gasteiger partial charge in [-0.3, -0.25) is 9.69 Å². The number of nitrogens with zero attached hydrogens (tertiary/aromatic N) is 5. The van der Waals surface area contributed by atoms with E-state index < -0.39 is 6.04 Å². The lowest BCUT2D eigenvalue weighted by atomic mass is 10.0. The van der Waals surface area contributed by atoms with Crippen LogP contribution in [0.1, 0.15) is 34.3 Å². The molecule has 4 heterocycles. The largest absolute Gasteiger partial charge is 0.467 e. The van der Waals surface area contributed by atoms with Crippen molar-refractivity contribution in [1.29, 1.82) is 0 Å². The first kappa shape index (κ1) is 19.7. The lowest BCUT2D eigenvalue weighted by Gasteiger charge is -2.33. The number of furan rings is 1. The molecule has 160 valence electrons. The Bertz CT molecular complexity index is 1250. The summed E-state index contributed by atoms with van der Waals surface area (Å²) in [6.45, 7) is 7.06. The van der Waals surface area contributed by atoms with Crippen molar-refractivity contribution >= 4 is 10.9 Å². The first-order chi connectivity index (χ1) is 15.1. The topological polar surface area (TPSA) is 102 Å². The molecular weight excluding hydrogens is 396 g/mol. The Morgan fingerprint density at radius 3 is 2.74 bits per heavy atom. The van der Waals surface area contributed by atoms with Crippen LogP contribution in [0.5, 0.6) is 0 Å². The summed E-state index contributed by atoms with van der Waals surface area (Å²) < 4.78 is 12.7. The van der Waals surface area contributed by atoms with Crippen molar-refractivity contribution in [3.8, 4) is 0 Å². The Balaban J connectivity index is 1.64. The fourth-order valence-corrected chi connectivity index (χ4v) is 4.10. The van der Waals surface area contributed by atoms with Gasteiger partial charge in [0, 0.05) is 24.2 Å². The number of hydrogen-bond donors (Lipinski definition) is 1. The molecule has 1 aromatic carbocycles. The summed E-state index contributed by atoms with van der Waals surface area (Å²) in [5, 5.41) is 13.4. The van der Waals surface area contributed by atoms with Crippen molar-refractivity contribution in [3.05, 3.63) is 75.2 Å². The van der Waals surface area contributed by atoms with E-state index in [-0.39, 0.29) is 5.56 Å². The van der Waals surface area contributed by atoms with Crippen molar-refractivity contribution in [3.63, 3.8) is 0 Å². The zero-order chi connectivity index (χ0) is 21.4. The lowest BCUT2D eigenvalue weighted by Crippen LogP contribution is -2.42. The highest BCUT2D eigenvalue weighted by molar-refractivity contribution is 5.81. The number of fused-ring (bicyclic) bond motifs is 1. The third-order valence-corrected chi connectivity index (χ3v) is 5.88. The number of tetrazole rings is 1. The smallest absolute Gasteiger partial charge is 0.253 e. The van der Waals surface area contributed by atoms with E-state index >= 15 is 0 Å². The third kappa shape index (κ3) is 3.77. The number of pyridine rings is 1. The minimum atomic E-state index is -0.399. The van der Waals surface area contributed by atoms with Crippen LogP contribution in [0.3, 0.4) is 0 Å². The average Bonchev–Trinajstić information content (AvgIpc) is 3.44. The molecule has 1 saturated heterocycles. The fourth-order valence-electron chi connectivity index (χ4n) is 4.10. The van der Waals surface area contributed by atoms with Crippen molar-refractivity contribution in [2.45, 2.75) is 26.4 Å². The van der Waals surface area contributed by atoms with Crippen molar-refractivity contribution in [2.24, 2.45) is 0 Å². The van der Waals surface area contributed by atoms with Gasteiger partial charge in [0.1, 0.15) is 18.3 Å². The average molecular weight is 420 g/mol. The first-order valence-corrected chi connectivity index (χ1v) is 10.3. The van der Waals surface area contributed by atoms with E-state index in [4.69, 9.17) is 9.15 Å². The molecule has 0 unspecified atom stereocenters. The normalized spacial score (nSPS) is 16.1. The number of aromatic nitrogens is 5. The molecule has 1 aliphatic rings. The number of hydrogen-bond acceptors (Lipinski definition) is 7. The van der Waals surface area contributed by atoms with Crippen LogP contribution in [0.15, 0.2) is 45.8 Å². The minimum absolute atomic E-state index is 0.139. The lowest BCUT2D eigenvalue weighted by molar-refractivity contribution is 0.0214. The quantitative estimate of drug-likeness (QED) is 0.528. The molecule has 1 atom stereocenters. The van der Waals surface area contributed by atoms with Crippen molar-refractivity contribution < 1.29 is 9.15 Å². The third-order valence-electron chi connectivity index (χ3n) is 5.88. The summed E-state index contributed by atoms with van der Waals surface area (Å²) in [4.78, 5) is 18.5. The molecule has 1 aliphatic heterocycles. The van der Waals surface area contributed by atoms with E-state index in [2.05, 4.69) is 38.4 Å². The Kier molecular flexibility index (Phi) is 5.13. The standard InChI is InChI=1S/C22H24N6O3/c1-14-10-16-12-18(22(29)23-19(16)11-15(14)2)20(27-5-8-30-9-6-27)21-24-25-26-28(21)13-17-4-3-7-31-17/h3-4,7,10-12,20H,5-6,8-9,13H2,1-2H3,(H,23,29)/t20-/m0/s1. The summed E-state index contributed by atoms with van der Waals surface area (Å²) in [6, 6.07) is 9.39. The molecule has 9 heteroatoms. The summed E-state index contributed by atoms with van der Waals surface area (Å²) in [7, 11) is 0. The number of morpholine rings is 1. The highest BCUT2D eigenvalue weighted by Gasteiger charge is 2.31. The van der Waals surface area contributed by atoms with E-state index in [0.717, 1.165) is 22.2 Å². The SMILES string of the molecule is Cc1cc2cc([C@@H](c3nnnn3Cc3ccco3)N3CCOCC3)c(=O)[nH]c2cc1C. The Hall–Kier alpha value is -3.30. The van der Waals surface area contributed by atoms with Gasteiger partial charge in [-0.2, -0.15) is 0 Å². The zero-order valence-electron chi connectivity index (χ0n) is 17.5. The fraction of sp³-hybridized carbons (Fsp3) is 0.364. The Morgan fingerprint density at radius 2 is 1.97 bits per heavy atom. The van der Waals surface area contributed by atoms with Crippen LogP contribution in [0, 0.1) is 13.8 Å². The molecule has 0 amide bonds. The zero-order valence-corrected chi connectivity index (χ0v) is 17.5. The molecule has 9 nitrogen and oxygen atoms in total. The number of nitrogens with one attached hydrogen (secondary N) is 1. The molecule has 5 rings (SSSR count). The molecule has 0 aliphatic carbocycles. The summed E-state index contributed by atoms with van der Waals surface area (Å²) >= 11 is 0. The molecule has 0 spiro atoms. The number of aromatic amines is 1. The maximum Gasteiger partial charge on any atom is 0.253 e. The van der Waals surface area contributed by atoms with Crippen LogP contribution < -0.4 is 5.56 Å². The molecule has 1 N–H and O–H groups in total. The van der Waals surface area contributed by atoms with E-state index in [1.165, 1.54) is 5.56 Å². The van der Waals surface area contributed by atoms with Gasteiger partial charge in [0.2, 0.25) is 0 Å². The number of H-pyrrole nitrogens is 1. The van der Waals surface area contributed by atoms with E-state index in [1.807, 2.05) is 31.2 Å². The molecule has 0 bridgehead atoms. The Morgan fingerprint density at radius 1 is 1.16 bits per heavy atom. The number of ether oxygens (including phenoxy) is 1. The van der Waals surface area contributed by atoms with Gasteiger partial charge >= 0.3 is 0 Å². The second kappa shape index (κ2) is 8.09. The second-order valence-electron chi connectivity index (χ2n) is 7.90. The predicted molar refractivity (Wildman–Crippen MR) is 114 cm³/mol. The summed E-state index contributed by atoms with van der Waals surface area (Å²) in [5.41, 5.74) is 3.62. The molecule has 4 aromatic rings. The Labute approximate surface area is 178 Å². The van der Waals surface area contributed by atoms with Crippen LogP contribution in [0.4, 0.5) is 0 Å². The van der Waals surface area contributed by atoms with Gasteiger partial charge < -0.3 is 14.1 Å². The van der Waals surface area contributed by atoms with Crippen molar-refractivity contribution in [1.82, 2.24) is 30.1 Å². The number of benzene rings is 1. The van der Waals surface area contributed by atoms with Crippen LogP contribution in [-0.4, -0.2) is 56.4 Å². The maximum absolute atomic E-state index is 13.2. The highest BCUT2D eigenvalue weighted by Crippen LogP contribution is 2.28. The maximum atomic E-state index is 13.2. The first-order valence-electron chi connectivity index (χ1n) is 10.3. The monoisotopic (exact) mass is 420 g/mol. The number of rotatable bonds is 5. The van der Waals surface area contributed by atoms with E-state index in [1.54, 1.807) is 10.9 Å². The summed E-state index contributed by atoms with van der Waals surface area (Å²) in [6.07, 6.45) is 1.62.